The maximum Gasteiger partial charge on any atom is 0.269 e. The van der Waals surface area contributed by atoms with E-state index in [0.29, 0.717) is 18.4 Å². The van der Waals surface area contributed by atoms with Gasteiger partial charge in [-0.1, -0.05) is 20.8 Å². The Hall–Kier alpha value is -2.57. The number of rotatable bonds is 2. The first-order chi connectivity index (χ1) is 11.2. The van der Waals surface area contributed by atoms with Gasteiger partial charge < -0.3 is 0 Å². The van der Waals surface area contributed by atoms with Crippen LogP contribution in [0.3, 0.4) is 0 Å². The van der Waals surface area contributed by atoms with E-state index in [1.54, 1.807) is 20.8 Å². The number of hydrogen-bond donors (Lipinski definition) is 2. The lowest BCUT2D eigenvalue weighted by Gasteiger charge is -2.36. The molecule has 2 atom stereocenters. The zero-order valence-corrected chi connectivity index (χ0v) is 13.8. The van der Waals surface area contributed by atoms with Crippen molar-refractivity contribution in [1.82, 2.24) is 15.8 Å². The number of Topliss-reactive ketones (excluding diaryl/α,β-unsaturated/α-hetero) is 2. The van der Waals surface area contributed by atoms with E-state index in [4.69, 9.17) is 0 Å². The molecule has 7 heteroatoms. The van der Waals surface area contributed by atoms with Gasteiger partial charge in [0.05, 0.1) is 0 Å². The molecule has 2 amide bonds. The second kappa shape index (κ2) is 4.96. The Labute approximate surface area is 139 Å². The molecule has 0 aliphatic heterocycles. The van der Waals surface area contributed by atoms with Crippen molar-refractivity contribution in [1.29, 1.82) is 0 Å². The first kappa shape index (κ1) is 16.3. The summed E-state index contributed by atoms with van der Waals surface area (Å²) in [7, 11) is 0. The number of carbonyl (C=O) groups excluding carboxylic acids is 4. The molecule has 1 aromatic heterocycles. The van der Waals surface area contributed by atoms with E-state index in [0.717, 1.165) is 0 Å². The largest absolute Gasteiger partial charge is 0.290 e. The third kappa shape index (κ3) is 1.75. The van der Waals surface area contributed by atoms with Crippen LogP contribution in [0.15, 0.2) is 24.5 Å². The van der Waals surface area contributed by atoms with E-state index in [2.05, 4.69) is 15.8 Å². The van der Waals surface area contributed by atoms with E-state index in [-0.39, 0.29) is 0 Å². The van der Waals surface area contributed by atoms with Gasteiger partial charge in [-0.3, -0.25) is 35.0 Å². The number of nitrogens with zero attached hydrogens (tertiary/aromatic N) is 1. The molecule has 2 bridgehead atoms. The van der Waals surface area contributed by atoms with Crippen molar-refractivity contribution in [2.24, 2.45) is 16.2 Å². The Morgan fingerprint density at radius 2 is 1.62 bits per heavy atom. The van der Waals surface area contributed by atoms with Crippen molar-refractivity contribution in [3.63, 3.8) is 0 Å². The van der Waals surface area contributed by atoms with Crippen molar-refractivity contribution in [3.05, 3.63) is 30.1 Å². The van der Waals surface area contributed by atoms with Crippen molar-refractivity contribution in [2.75, 3.05) is 0 Å². The second-order valence-electron chi connectivity index (χ2n) is 7.16. The van der Waals surface area contributed by atoms with Crippen LogP contribution in [0.2, 0.25) is 0 Å². The van der Waals surface area contributed by atoms with E-state index < -0.39 is 39.6 Å². The van der Waals surface area contributed by atoms with Gasteiger partial charge in [-0.2, -0.15) is 0 Å². The summed E-state index contributed by atoms with van der Waals surface area (Å²) in [4.78, 5) is 53.5. The number of nitrogens with one attached hydrogen (secondary N) is 2. The smallest absolute Gasteiger partial charge is 0.269 e. The number of hydrogen-bond acceptors (Lipinski definition) is 5. The maximum atomic E-state index is 12.8. The molecule has 126 valence electrons. The van der Waals surface area contributed by atoms with Crippen molar-refractivity contribution in [2.45, 2.75) is 33.6 Å². The van der Waals surface area contributed by atoms with Gasteiger partial charge in [0.25, 0.3) is 11.8 Å². The van der Waals surface area contributed by atoms with Gasteiger partial charge in [0.2, 0.25) is 11.6 Å². The van der Waals surface area contributed by atoms with Crippen LogP contribution in [0.4, 0.5) is 0 Å². The Bertz CT molecular complexity index is 758. The van der Waals surface area contributed by atoms with E-state index in [1.165, 1.54) is 24.5 Å². The van der Waals surface area contributed by atoms with Gasteiger partial charge in [-0.25, -0.2) is 0 Å². The number of ketones is 2. The third-order valence-electron chi connectivity index (χ3n) is 6.16. The number of amides is 2. The molecular formula is C17H19N3O4. The maximum absolute atomic E-state index is 12.8. The van der Waals surface area contributed by atoms with Crippen LogP contribution in [0.25, 0.3) is 0 Å². The summed E-state index contributed by atoms with van der Waals surface area (Å²) in [6.07, 6.45) is 3.70. The topological polar surface area (TPSA) is 105 Å². The molecule has 3 rings (SSSR count). The lowest BCUT2D eigenvalue weighted by molar-refractivity contribution is -0.149. The highest BCUT2D eigenvalue weighted by Gasteiger charge is 2.77. The summed E-state index contributed by atoms with van der Waals surface area (Å²) in [5, 5.41) is 0. The Morgan fingerprint density at radius 3 is 2.17 bits per heavy atom. The molecule has 2 aliphatic carbocycles. The van der Waals surface area contributed by atoms with Crippen LogP contribution in [0, 0.1) is 16.2 Å². The highest BCUT2D eigenvalue weighted by Crippen LogP contribution is 2.68. The third-order valence-corrected chi connectivity index (χ3v) is 6.16. The van der Waals surface area contributed by atoms with Crippen LogP contribution < -0.4 is 10.9 Å². The predicted octanol–water partition coefficient (Wildman–Crippen LogP) is 0.807. The molecule has 1 heterocycles. The highest BCUT2D eigenvalue weighted by atomic mass is 16.2. The first-order valence-electron chi connectivity index (χ1n) is 7.78. The molecule has 2 saturated carbocycles. The van der Waals surface area contributed by atoms with E-state index in [1.807, 2.05) is 0 Å². The van der Waals surface area contributed by atoms with Crippen LogP contribution in [0.1, 0.15) is 44.0 Å². The molecule has 1 aromatic rings. The zero-order valence-electron chi connectivity index (χ0n) is 13.8. The van der Waals surface area contributed by atoms with Gasteiger partial charge >= 0.3 is 0 Å². The Balaban J connectivity index is 1.82. The van der Waals surface area contributed by atoms with Crippen LogP contribution in [-0.4, -0.2) is 28.4 Å². The number of pyridine rings is 1. The average Bonchev–Trinajstić information content (AvgIpc) is 2.85. The van der Waals surface area contributed by atoms with E-state index in [9.17, 15) is 19.2 Å². The van der Waals surface area contributed by atoms with Crippen molar-refractivity contribution < 1.29 is 19.2 Å². The fourth-order valence-corrected chi connectivity index (χ4v) is 4.07. The molecule has 2 unspecified atom stereocenters. The number of fused-ring (bicyclic) bond motifs is 2. The number of aromatic nitrogens is 1. The minimum Gasteiger partial charge on any atom is -0.290 e. The second-order valence-corrected chi connectivity index (χ2v) is 7.16. The minimum absolute atomic E-state index is 0.304. The lowest BCUT2D eigenvalue weighted by atomic mass is 9.64. The Morgan fingerprint density at radius 1 is 1.00 bits per heavy atom. The first-order valence-corrected chi connectivity index (χ1v) is 7.78. The number of hydrazine groups is 1. The summed E-state index contributed by atoms with van der Waals surface area (Å²) < 4.78 is 0. The molecule has 0 spiro atoms. The summed E-state index contributed by atoms with van der Waals surface area (Å²) in [6, 6.07) is 3.00. The molecule has 0 radical (unpaired) electrons. The van der Waals surface area contributed by atoms with Gasteiger partial charge in [0.1, 0.15) is 5.41 Å². The average molecular weight is 329 g/mol. The molecule has 7 nitrogen and oxygen atoms in total. The van der Waals surface area contributed by atoms with Crippen molar-refractivity contribution >= 4 is 23.4 Å². The summed E-state index contributed by atoms with van der Waals surface area (Å²) in [5.41, 5.74) is 1.90. The lowest BCUT2D eigenvalue weighted by Crippen LogP contribution is -2.55. The Kier molecular flexibility index (Phi) is 3.37. The van der Waals surface area contributed by atoms with Crippen LogP contribution in [0.5, 0.6) is 0 Å². The molecule has 0 saturated heterocycles. The molecule has 2 N–H and O–H groups in total. The van der Waals surface area contributed by atoms with Gasteiger partial charge in [0.15, 0.2) is 0 Å². The number of carbonyl (C=O) groups is 4. The quantitative estimate of drug-likeness (QED) is 0.474. The zero-order chi connectivity index (χ0) is 17.8. The molecule has 0 aromatic carbocycles. The molecule has 24 heavy (non-hydrogen) atoms. The van der Waals surface area contributed by atoms with Gasteiger partial charge in [-0.15, -0.1) is 0 Å². The minimum atomic E-state index is -1.43. The fraction of sp³-hybridized carbons (Fsp3) is 0.471. The molecule has 2 aliphatic rings. The van der Waals surface area contributed by atoms with Gasteiger partial charge in [-0.05, 0) is 30.4 Å². The predicted molar refractivity (Wildman–Crippen MR) is 83.4 cm³/mol. The van der Waals surface area contributed by atoms with Gasteiger partial charge in [0, 0.05) is 23.4 Å². The van der Waals surface area contributed by atoms with Crippen LogP contribution in [-0.2, 0) is 14.4 Å². The normalized spacial score (nSPS) is 30.3. The van der Waals surface area contributed by atoms with Crippen LogP contribution >= 0.6 is 0 Å². The highest BCUT2D eigenvalue weighted by molar-refractivity contribution is 6.48. The monoisotopic (exact) mass is 329 g/mol. The fourth-order valence-electron chi connectivity index (χ4n) is 4.07. The SMILES string of the molecule is CC12CCC(C(=O)NNC(=O)c3ccncc3)(C(=O)C1=O)C2(C)C. The summed E-state index contributed by atoms with van der Waals surface area (Å²) in [6.45, 7) is 5.28. The van der Waals surface area contributed by atoms with Crippen molar-refractivity contribution in [3.8, 4) is 0 Å². The summed E-state index contributed by atoms with van der Waals surface area (Å²) >= 11 is 0. The summed E-state index contributed by atoms with van der Waals surface area (Å²) in [5.74, 6) is -2.29. The molecular weight excluding hydrogens is 310 g/mol. The van der Waals surface area contributed by atoms with E-state index >= 15 is 0 Å². The molecule has 2 fully saturated rings. The standard InChI is InChI=1S/C17H19N3O4/c1-15(2)16(3)6-7-17(15,12(22)11(16)21)14(24)20-19-13(23)10-4-8-18-9-5-10/h4-5,8-9H,6-7H2,1-3H3,(H,19,23)(H,20,24).